The van der Waals surface area contributed by atoms with E-state index in [9.17, 15) is 9.59 Å². The number of aromatic nitrogens is 1. The molecule has 1 atom stereocenters. The summed E-state index contributed by atoms with van der Waals surface area (Å²) in [7, 11) is 1.57. The summed E-state index contributed by atoms with van der Waals surface area (Å²) < 4.78 is 11.1. The van der Waals surface area contributed by atoms with Crippen LogP contribution >= 0.6 is 11.3 Å². The lowest BCUT2D eigenvalue weighted by molar-refractivity contribution is 0.0938. The molecule has 0 aliphatic heterocycles. The first-order chi connectivity index (χ1) is 13.9. The number of carbonyl (C=O) groups is 1. The minimum absolute atomic E-state index is 0.0238. The number of hydrogen-bond donors (Lipinski definition) is 2. The van der Waals surface area contributed by atoms with Gasteiger partial charge in [-0.15, -0.1) is 11.3 Å². The Morgan fingerprint density at radius 2 is 1.90 bits per heavy atom. The lowest BCUT2D eigenvalue weighted by Crippen LogP contribution is -2.31. The van der Waals surface area contributed by atoms with Gasteiger partial charge in [-0.25, -0.2) is 0 Å². The van der Waals surface area contributed by atoms with Crippen LogP contribution in [0.4, 0.5) is 0 Å². The molecule has 0 spiro atoms. The van der Waals surface area contributed by atoms with Crippen LogP contribution < -0.4 is 20.3 Å². The van der Waals surface area contributed by atoms with Crippen LogP contribution in [0.15, 0.2) is 52.6 Å². The number of methoxy groups -OCH3 is 1. The number of thiophene rings is 1. The number of H-pyrrole nitrogens is 1. The van der Waals surface area contributed by atoms with Crippen molar-refractivity contribution in [2.24, 2.45) is 0 Å². The molecule has 0 saturated carbocycles. The molecule has 1 aromatic carbocycles. The minimum Gasteiger partial charge on any atom is -0.493 e. The SMILES string of the molecule is COc1cc(C(C)NC(=O)c2ccc(-c3cccs3)[nH]c2=O)ccc1OC(C)C. The van der Waals surface area contributed by atoms with Crippen molar-refractivity contribution in [3.63, 3.8) is 0 Å². The maximum absolute atomic E-state index is 12.6. The van der Waals surface area contributed by atoms with Crippen molar-refractivity contribution in [3.8, 4) is 22.1 Å². The van der Waals surface area contributed by atoms with E-state index >= 15 is 0 Å². The third-order valence-corrected chi connectivity index (χ3v) is 5.24. The summed E-state index contributed by atoms with van der Waals surface area (Å²) in [5.41, 5.74) is 1.20. The molecule has 152 valence electrons. The smallest absolute Gasteiger partial charge is 0.261 e. The van der Waals surface area contributed by atoms with E-state index in [0.717, 1.165) is 10.4 Å². The van der Waals surface area contributed by atoms with Crippen molar-refractivity contribution in [2.75, 3.05) is 7.11 Å². The Bertz CT molecular complexity index is 1040. The molecule has 0 aliphatic rings. The van der Waals surface area contributed by atoms with Gasteiger partial charge >= 0.3 is 0 Å². The van der Waals surface area contributed by atoms with E-state index in [1.54, 1.807) is 19.2 Å². The molecule has 2 N–H and O–H groups in total. The van der Waals surface area contributed by atoms with Gasteiger partial charge in [0.15, 0.2) is 11.5 Å². The number of rotatable bonds is 7. The van der Waals surface area contributed by atoms with Crippen LogP contribution in [0.2, 0.25) is 0 Å². The summed E-state index contributed by atoms with van der Waals surface area (Å²) >= 11 is 1.52. The van der Waals surface area contributed by atoms with Gasteiger partial charge in [0.25, 0.3) is 11.5 Å². The Morgan fingerprint density at radius 3 is 2.52 bits per heavy atom. The van der Waals surface area contributed by atoms with Crippen LogP contribution in [0, 0.1) is 0 Å². The molecule has 0 aliphatic carbocycles. The monoisotopic (exact) mass is 412 g/mol. The number of nitrogens with one attached hydrogen (secondary N) is 2. The van der Waals surface area contributed by atoms with Crippen LogP contribution in [-0.2, 0) is 0 Å². The highest BCUT2D eigenvalue weighted by atomic mass is 32.1. The summed E-state index contributed by atoms with van der Waals surface area (Å²) in [5.74, 6) is 0.804. The molecule has 0 bridgehead atoms. The molecule has 0 fully saturated rings. The molecule has 6 nitrogen and oxygen atoms in total. The fourth-order valence-electron chi connectivity index (χ4n) is 2.89. The maximum atomic E-state index is 12.6. The summed E-state index contributed by atoms with van der Waals surface area (Å²) in [4.78, 5) is 28.7. The molecule has 29 heavy (non-hydrogen) atoms. The number of benzene rings is 1. The normalized spacial score (nSPS) is 11.9. The first-order valence-electron chi connectivity index (χ1n) is 9.31. The average molecular weight is 413 g/mol. The fraction of sp³-hybridized carbons (Fsp3) is 0.273. The highest BCUT2D eigenvalue weighted by Gasteiger charge is 2.17. The zero-order valence-electron chi connectivity index (χ0n) is 16.8. The average Bonchev–Trinajstić information content (AvgIpc) is 3.22. The quantitative estimate of drug-likeness (QED) is 0.603. The van der Waals surface area contributed by atoms with E-state index in [1.165, 1.54) is 11.3 Å². The van der Waals surface area contributed by atoms with Gasteiger partial charge in [0.2, 0.25) is 0 Å². The Balaban J connectivity index is 1.76. The Morgan fingerprint density at radius 1 is 1.10 bits per heavy atom. The first kappa shape index (κ1) is 20.7. The molecule has 2 heterocycles. The van der Waals surface area contributed by atoms with Gasteiger partial charge in [-0.1, -0.05) is 12.1 Å². The molecule has 7 heteroatoms. The molecular formula is C22H24N2O4S. The predicted octanol–water partition coefficient (Wildman–Crippen LogP) is 4.39. The fourth-order valence-corrected chi connectivity index (χ4v) is 3.60. The van der Waals surface area contributed by atoms with E-state index in [-0.39, 0.29) is 17.7 Å². The highest BCUT2D eigenvalue weighted by molar-refractivity contribution is 7.13. The van der Waals surface area contributed by atoms with Gasteiger partial charge in [0, 0.05) is 0 Å². The largest absolute Gasteiger partial charge is 0.493 e. The Labute approximate surface area is 173 Å². The van der Waals surface area contributed by atoms with Crippen molar-refractivity contribution in [3.05, 3.63) is 69.3 Å². The predicted molar refractivity (Wildman–Crippen MR) is 115 cm³/mol. The number of carbonyl (C=O) groups excluding carboxylic acids is 1. The number of amides is 1. The lowest BCUT2D eigenvalue weighted by Gasteiger charge is -2.18. The summed E-state index contributed by atoms with van der Waals surface area (Å²) in [6.07, 6.45) is 0.0238. The Kier molecular flexibility index (Phi) is 6.39. The topological polar surface area (TPSA) is 80.4 Å². The maximum Gasteiger partial charge on any atom is 0.261 e. The first-order valence-corrected chi connectivity index (χ1v) is 10.2. The van der Waals surface area contributed by atoms with Crippen LogP contribution in [0.1, 0.15) is 42.7 Å². The molecule has 1 amide bonds. The van der Waals surface area contributed by atoms with Crippen molar-refractivity contribution in [2.45, 2.75) is 32.9 Å². The second-order valence-electron chi connectivity index (χ2n) is 6.86. The highest BCUT2D eigenvalue weighted by Crippen LogP contribution is 2.31. The second-order valence-corrected chi connectivity index (χ2v) is 7.81. The molecular weight excluding hydrogens is 388 g/mol. The van der Waals surface area contributed by atoms with Crippen LogP contribution in [-0.4, -0.2) is 24.1 Å². The summed E-state index contributed by atoms with van der Waals surface area (Å²) in [5, 5.41) is 4.80. The molecule has 1 unspecified atom stereocenters. The summed E-state index contributed by atoms with van der Waals surface area (Å²) in [6, 6.07) is 12.3. The minimum atomic E-state index is -0.432. The van der Waals surface area contributed by atoms with Crippen molar-refractivity contribution >= 4 is 17.2 Å². The van der Waals surface area contributed by atoms with Gasteiger partial charge in [0.05, 0.1) is 29.8 Å². The molecule has 3 rings (SSSR count). The number of hydrogen-bond acceptors (Lipinski definition) is 5. The molecule has 2 aromatic heterocycles. The van der Waals surface area contributed by atoms with Crippen LogP contribution in [0.5, 0.6) is 11.5 Å². The van der Waals surface area contributed by atoms with Crippen molar-refractivity contribution < 1.29 is 14.3 Å². The van der Waals surface area contributed by atoms with Gasteiger partial charge in [-0.2, -0.15) is 0 Å². The van der Waals surface area contributed by atoms with E-state index in [1.807, 2.05) is 56.5 Å². The third kappa shape index (κ3) is 4.86. The third-order valence-electron chi connectivity index (χ3n) is 4.34. The van der Waals surface area contributed by atoms with Crippen molar-refractivity contribution in [1.29, 1.82) is 0 Å². The number of aromatic amines is 1. The molecule has 0 radical (unpaired) electrons. The van der Waals surface area contributed by atoms with Gasteiger partial charge in [0.1, 0.15) is 5.56 Å². The zero-order chi connectivity index (χ0) is 21.0. The van der Waals surface area contributed by atoms with Crippen LogP contribution in [0.3, 0.4) is 0 Å². The lowest BCUT2D eigenvalue weighted by atomic mass is 10.1. The van der Waals surface area contributed by atoms with Gasteiger partial charge < -0.3 is 19.8 Å². The van der Waals surface area contributed by atoms with Gasteiger partial charge in [-0.05, 0) is 62.0 Å². The second kappa shape index (κ2) is 8.96. The van der Waals surface area contributed by atoms with E-state index in [0.29, 0.717) is 17.2 Å². The zero-order valence-corrected chi connectivity index (χ0v) is 17.6. The van der Waals surface area contributed by atoms with E-state index < -0.39 is 11.5 Å². The summed E-state index contributed by atoms with van der Waals surface area (Å²) in [6.45, 7) is 5.73. The standard InChI is InChI=1S/C22H24N2O4S/c1-13(2)28-18-10-7-15(12-19(18)27-4)14(3)23-21(25)16-8-9-17(24-22(16)26)20-6-5-11-29-20/h5-14H,1-4H3,(H,23,25)(H,24,26). The number of pyridine rings is 1. The Hall–Kier alpha value is -3.06. The van der Waals surface area contributed by atoms with Crippen LogP contribution in [0.25, 0.3) is 10.6 Å². The number of ether oxygens (including phenoxy) is 2. The van der Waals surface area contributed by atoms with Gasteiger partial charge in [-0.3, -0.25) is 9.59 Å². The van der Waals surface area contributed by atoms with Crippen molar-refractivity contribution in [1.82, 2.24) is 10.3 Å². The van der Waals surface area contributed by atoms with E-state index in [4.69, 9.17) is 9.47 Å². The van der Waals surface area contributed by atoms with E-state index in [2.05, 4.69) is 10.3 Å². The molecule has 3 aromatic rings. The molecule has 0 saturated heterocycles.